The van der Waals surface area contributed by atoms with Crippen molar-refractivity contribution in [3.05, 3.63) is 65.7 Å². The summed E-state index contributed by atoms with van der Waals surface area (Å²) in [5.41, 5.74) is 2.03. The van der Waals surface area contributed by atoms with Crippen LogP contribution < -0.4 is 10.1 Å². The quantitative estimate of drug-likeness (QED) is 0.613. The van der Waals surface area contributed by atoms with Crippen LogP contribution in [0.3, 0.4) is 0 Å². The molecule has 1 amide bonds. The standard InChI is InChI=1S/C21H22FN3O2/c1-2-3-12-27-17-6-4-15(5-7-17)8-9-25-21(26)18-13-16(22)14-19-20(18)24-11-10-23-19/h4-7,10-11,13-14H,2-3,8-9,12H2,1H3,(H,25,26). The predicted octanol–water partition coefficient (Wildman–Crippen LogP) is 3.92. The number of carbonyl (C=O) groups excluding carboxylic acids is 1. The van der Waals surface area contributed by atoms with Crippen molar-refractivity contribution in [2.45, 2.75) is 26.2 Å². The summed E-state index contributed by atoms with van der Waals surface area (Å²) in [6.07, 6.45) is 5.76. The van der Waals surface area contributed by atoms with Crippen LogP contribution in [0, 0.1) is 5.82 Å². The first-order chi connectivity index (χ1) is 13.2. The van der Waals surface area contributed by atoms with E-state index < -0.39 is 5.82 Å². The number of fused-ring (bicyclic) bond motifs is 1. The molecule has 0 saturated heterocycles. The number of carbonyl (C=O) groups is 1. The van der Waals surface area contributed by atoms with Crippen LogP contribution in [-0.2, 0) is 6.42 Å². The number of hydrogen-bond donors (Lipinski definition) is 1. The summed E-state index contributed by atoms with van der Waals surface area (Å²) in [5, 5.41) is 2.82. The molecule has 0 aliphatic carbocycles. The lowest BCUT2D eigenvalue weighted by Gasteiger charge is -2.09. The Bertz CT molecular complexity index is 913. The van der Waals surface area contributed by atoms with Crippen molar-refractivity contribution < 1.29 is 13.9 Å². The first kappa shape index (κ1) is 18.8. The highest BCUT2D eigenvalue weighted by atomic mass is 19.1. The molecule has 6 heteroatoms. The van der Waals surface area contributed by atoms with Gasteiger partial charge < -0.3 is 10.1 Å². The summed E-state index contributed by atoms with van der Waals surface area (Å²) in [7, 11) is 0. The first-order valence-corrected chi connectivity index (χ1v) is 9.07. The summed E-state index contributed by atoms with van der Waals surface area (Å²) < 4.78 is 19.4. The molecule has 1 heterocycles. The van der Waals surface area contributed by atoms with Gasteiger partial charge in [0.1, 0.15) is 17.1 Å². The smallest absolute Gasteiger partial charge is 0.253 e. The van der Waals surface area contributed by atoms with Crippen molar-refractivity contribution in [3.8, 4) is 5.75 Å². The van der Waals surface area contributed by atoms with Crippen molar-refractivity contribution in [2.75, 3.05) is 13.2 Å². The van der Waals surface area contributed by atoms with Gasteiger partial charge in [0.05, 0.1) is 17.7 Å². The van der Waals surface area contributed by atoms with E-state index in [4.69, 9.17) is 4.74 Å². The fraction of sp³-hybridized carbons (Fsp3) is 0.286. The van der Waals surface area contributed by atoms with E-state index in [1.807, 2.05) is 24.3 Å². The van der Waals surface area contributed by atoms with Crippen molar-refractivity contribution in [1.29, 1.82) is 0 Å². The van der Waals surface area contributed by atoms with Gasteiger partial charge in [0, 0.05) is 25.0 Å². The van der Waals surface area contributed by atoms with E-state index in [1.165, 1.54) is 24.5 Å². The number of hydrogen-bond acceptors (Lipinski definition) is 4. The second-order valence-electron chi connectivity index (χ2n) is 6.23. The second kappa shape index (κ2) is 9.07. The van der Waals surface area contributed by atoms with Crippen LogP contribution >= 0.6 is 0 Å². The fourth-order valence-corrected chi connectivity index (χ4v) is 2.72. The fourth-order valence-electron chi connectivity index (χ4n) is 2.72. The third kappa shape index (κ3) is 5.00. The molecule has 5 nitrogen and oxygen atoms in total. The Morgan fingerprint density at radius 1 is 1.15 bits per heavy atom. The monoisotopic (exact) mass is 367 g/mol. The molecule has 140 valence electrons. The molecule has 27 heavy (non-hydrogen) atoms. The van der Waals surface area contributed by atoms with Gasteiger partial charge in [-0.3, -0.25) is 14.8 Å². The van der Waals surface area contributed by atoms with Crippen LogP contribution in [0.4, 0.5) is 4.39 Å². The minimum Gasteiger partial charge on any atom is -0.494 e. The molecule has 0 aliphatic rings. The zero-order valence-corrected chi connectivity index (χ0v) is 15.2. The molecule has 3 rings (SSSR count). The Morgan fingerprint density at radius 3 is 2.70 bits per heavy atom. The van der Waals surface area contributed by atoms with Gasteiger partial charge in [-0.15, -0.1) is 0 Å². The number of ether oxygens (including phenoxy) is 1. The van der Waals surface area contributed by atoms with E-state index >= 15 is 0 Å². The van der Waals surface area contributed by atoms with Gasteiger partial charge in [0.25, 0.3) is 5.91 Å². The van der Waals surface area contributed by atoms with Crippen LogP contribution in [0.15, 0.2) is 48.8 Å². The lowest BCUT2D eigenvalue weighted by molar-refractivity contribution is 0.0955. The highest BCUT2D eigenvalue weighted by molar-refractivity contribution is 6.04. The lowest BCUT2D eigenvalue weighted by atomic mass is 10.1. The number of amides is 1. The molecule has 0 aliphatic heterocycles. The summed E-state index contributed by atoms with van der Waals surface area (Å²) in [6, 6.07) is 10.3. The van der Waals surface area contributed by atoms with E-state index in [1.54, 1.807) is 0 Å². The molecule has 0 atom stereocenters. The molecule has 1 N–H and O–H groups in total. The minimum atomic E-state index is -0.508. The highest BCUT2D eigenvalue weighted by Crippen LogP contribution is 2.17. The Labute approximate surface area is 157 Å². The maximum absolute atomic E-state index is 13.7. The van der Waals surface area contributed by atoms with Crippen LogP contribution in [0.2, 0.25) is 0 Å². The average molecular weight is 367 g/mol. The van der Waals surface area contributed by atoms with Crippen molar-refractivity contribution >= 4 is 16.9 Å². The Balaban J connectivity index is 1.57. The van der Waals surface area contributed by atoms with E-state index in [0.717, 1.165) is 30.8 Å². The molecule has 3 aromatic rings. The van der Waals surface area contributed by atoms with E-state index in [-0.39, 0.29) is 11.5 Å². The number of rotatable bonds is 8. The van der Waals surface area contributed by atoms with Gasteiger partial charge in [-0.1, -0.05) is 25.5 Å². The lowest BCUT2D eigenvalue weighted by Crippen LogP contribution is -2.26. The van der Waals surface area contributed by atoms with Crippen LogP contribution in [0.25, 0.3) is 11.0 Å². The van der Waals surface area contributed by atoms with Gasteiger partial charge in [-0.25, -0.2) is 4.39 Å². The van der Waals surface area contributed by atoms with E-state index in [2.05, 4.69) is 22.2 Å². The largest absolute Gasteiger partial charge is 0.494 e. The molecule has 0 fully saturated rings. The van der Waals surface area contributed by atoms with Gasteiger partial charge in [0.2, 0.25) is 0 Å². The van der Waals surface area contributed by atoms with Crippen molar-refractivity contribution in [1.82, 2.24) is 15.3 Å². The van der Waals surface area contributed by atoms with E-state index in [0.29, 0.717) is 24.0 Å². The van der Waals surface area contributed by atoms with Gasteiger partial charge >= 0.3 is 0 Å². The van der Waals surface area contributed by atoms with Crippen molar-refractivity contribution in [2.24, 2.45) is 0 Å². The summed E-state index contributed by atoms with van der Waals surface area (Å²) in [6.45, 7) is 3.28. The number of halogens is 1. The number of unbranched alkanes of at least 4 members (excludes halogenated alkanes) is 1. The van der Waals surface area contributed by atoms with Crippen LogP contribution in [0.1, 0.15) is 35.7 Å². The van der Waals surface area contributed by atoms with Gasteiger partial charge in [0.15, 0.2) is 0 Å². The number of nitrogens with one attached hydrogen (secondary N) is 1. The Morgan fingerprint density at radius 2 is 1.93 bits per heavy atom. The third-order valence-electron chi connectivity index (χ3n) is 4.17. The summed E-state index contributed by atoms with van der Waals surface area (Å²) >= 11 is 0. The zero-order chi connectivity index (χ0) is 19.1. The minimum absolute atomic E-state index is 0.192. The van der Waals surface area contributed by atoms with Gasteiger partial charge in [-0.2, -0.15) is 0 Å². The zero-order valence-electron chi connectivity index (χ0n) is 15.2. The molecule has 0 saturated carbocycles. The topological polar surface area (TPSA) is 64.1 Å². The second-order valence-corrected chi connectivity index (χ2v) is 6.23. The molecule has 1 aromatic heterocycles. The Hall–Kier alpha value is -3.02. The SMILES string of the molecule is CCCCOc1ccc(CCNC(=O)c2cc(F)cc3nccnc23)cc1. The van der Waals surface area contributed by atoms with E-state index in [9.17, 15) is 9.18 Å². The molecule has 2 aromatic carbocycles. The van der Waals surface area contributed by atoms with Crippen LogP contribution in [-0.4, -0.2) is 29.0 Å². The average Bonchev–Trinajstić information content (AvgIpc) is 2.68. The molecular weight excluding hydrogens is 345 g/mol. The number of benzene rings is 2. The molecule has 0 unspecified atom stereocenters. The summed E-state index contributed by atoms with van der Waals surface area (Å²) in [4.78, 5) is 20.6. The highest BCUT2D eigenvalue weighted by Gasteiger charge is 2.13. The predicted molar refractivity (Wildman–Crippen MR) is 102 cm³/mol. The molecule has 0 spiro atoms. The van der Waals surface area contributed by atoms with Crippen LogP contribution in [0.5, 0.6) is 5.75 Å². The first-order valence-electron chi connectivity index (χ1n) is 9.07. The molecule has 0 bridgehead atoms. The maximum Gasteiger partial charge on any atom is 0.253 e. The van der Waals surface area contributed by atoms with Crippen molar-refractivity contribution in [3.63, 3.8) is 0 Å². The summed E-state index contributed by atoms with van der Waals surface area (Å²) in [5.74, 6) is -0.0210. The third-order valence-corrected chi connectivity index (χ3v) is 4.17. The maximum atomic E-state index is 13.7. The normalized spacial score (nSPS) is 10.7. The molecular formula is C21H22FN3O2. The number of nitrogens with zero attached hydrogens (tertiary/aromatic N) is 2. The molecule has 0 radical (unpaired) electrons. The number of aromatic nitrogens is 2. The Kier molecular flexibility index (Phi) is 6.30. The van der Waals surface area contributed by atoms with Gasteiger partial charge in [-0.05, 0) is 36.6 Å².